The Morgan fingerprint density at radius 3 is 2.60 bits per heavy atom. The molecule has 5 nitrogen and oxygen atoms in total. The van der Waals surface area contributed by atoms with Crippen LogP contribution in [-0.2, 0) is 16.1 Å². The minimum absolute atomic E-state index is 0.0786. The molecule has 0 radical (unpaired) electrons. The van der Waals surface area contributed by atoms with E-state index in [1.165, 1.54) is 0 Å². The average molecular weight is 339 g/mol. The number of carbonyl (C=O) groups excluding carboxylic acids is 2. The Kier molecular flexibility index (Phi) is 5.03. The lowest BCUT2D eigenvalue weighted by Crippen LogP contribution is -2.43. The molecule has 130 valence electrons. The lowest BCUT2D eigenvalue weighted by molar-refractivity contribution is -0.125. The van der Waals surface area contributed by atoms with Crippen molar-refractivity contribution in [3.63, 3.8) is 0 Å². The SMILES string of the molecule is CCCOC(=O)c1ccc(CN2C(=O)C(C)Oc3ccccc32)cc1. The maximum Gasteiger partial charge on any atom is 0.338 e. The van der Waals surface area contributed by atoms with Crippen LogP contribution in [0.2, 0.25) is 0 Å². The first-order valence-corrected chi connectivity index (χ1v) is 8.43. The van der Waals surface area contributed by atoms with Crippen LogP contribution in [-0.4, -0.2) is 24.6 Å². The lowest BCUT2D eigenvalue weighted by Gasteiger charge is -2.33. The molecular formula is C20H21NO4. The standard InChI is InChI=1S/C20H21NO4/c1-3-12-24-20(23)16-10-8-15(9-11-16)13-21-17-6-4-5-7-18(17)25-14(2)19(21)22/h4-11,14H,3,12-13H2,1-2H3. The summed E-state index contributed by atoms with van der Waals surface area (Å²) >= 11 is 0. The average Bonchev–Trinajstić information content (AvgIpc) is 2.64. The van der Waals surface area contributed by atoms with E-state index in [1.807, 2.05) is 43.3 Å². The van der Waals surface area contributed by atoms with E-state index in [0.717, 1.165) is 17.7 Å². The van der Waals surface area contributed by atoms with Crippen molar-refractivity contribution in [3.05, 3.63) is 59.7 Å². The highest BCUT2D eigenvalue weighted by atomic mass is 16.5. The van der Waals surface area contributed by atoms with Gasteiger partial charge in [-0.15, -0.1) is 0 Å². The number of ether oxygens (including phenoxy) is 2. The van der Waals surface area contributed by atoms with Gasteiger partial charge in [-0.1, -0.05) is 31.2 Å². The summed E-state index contributed by atoms with van der Waals surface area (Å²) in [4.78, 5) is 26.1. The van der Waals surface area contributed by atoms with Gasteiger partial charge in [0.05, 0.1) is 24.4 Å². The van der Waals surface area contributed by atoms with Crippen molar-refractivity contribution in [3.8, 4) is 5.75 Å². The molecule has 25 heavy (non-hydrogen) atoms. The first kappa shape index (κ1) is 17.0. The largest absolute Gasteiger partial charge is 0.479 e. The van der Waals surface area contributed by atoms with Crippen molar-refractivity contribution in [1.29, 1.82) is 0 Å². The number of carbonyl (C=O) groups is 2. The van der Waals surface area contributed by atoms with Gasteiger partial charge in [0, 0.05) is 0 Å². The predicted molar refractivity (Wildman–Crippen MR) is 94.7 cm³/mol. The van der Waals surface area contributed by atoms with E-state index in [0.29, 0.717) is 24.5 Å². The molecular weight excluding hydrogens is 318 g/mol. The Morgan fingerprint density at radius 1 is 1.16 bits per heavy atom. The second-order valence-corrected chi connectivity index (χ2v) is 5.99. The summed E-state index contributed by atoms with van der Waals surface area (Å²) in [6.07, 6.45) is 0.277. The molecule has 1 amide bonds. The van der Waals surface area contributed by atoms with Gasteiger partial charge < -0.3 is 14.4 Å². The van der Waals surface area contributed by atoms with Gasteiger partial charge in [-0.25, -0.2) is 4.79 Å². The summed E-state index contributed by atoms with van der Waals surface area (Å²) in [6.45, 7) is 4.54. The van der Waals surface area contributed by atoms with E-state index in [2.05, 4.69) is 0 Å². The highest BCUT2D eigenvalue weighted by molar-refractivity contribution is 5.99. The molecule has 1 aliphatic heterocycles. The summed E-state index contributed by atoms with van der Waals surface area (Å²) in [5, 5.41) is 0. The molecule has 1 heterocycles. The smallest absolute Gasteiger partial charge is 0.338 e. The molecule has 2 aromatic carbocycles. The quantitative estimate of drug-likeness (QED) is 0.782. The van der Waals surface area contributed by atoms with Crippen LogP contribution >= 0.6 is 0 Å². The van der Waals surface area contributed by atoms with Crippen LogP contribution < -0.4 is 9.64 Å². The van der Waals surface area contributed by atoms with Crippen LogP contribution in [0.15, 0.2) is 48.5 Å². The number of anilines is 1. The maximum atomic E-state index is 12.5. The van der Waals surface area contributed by atoms with E-state index in [-0.39, 0.29) is 11.9 Å². The van der Waals surface area contributed by atoms with Crippen molar-refractivity contribution >= 4 is 17.6 Å². The van der Waals surface area contributed by atoms with Gasteiger partial charge in [0.25, 0.3) is 5.91 Å². The second-order valence-electron chi connectivity index (χ2n) is 5.99. The highest BCUT2D eigenvalue weighted by Gasteiger charge is 2.31. The molecule has 1 atom stereocenters. The molecule has 5 heteroatoms. The van der Waals surface area contributed by atoms with Crippen LogP contribution in [0.3, 0.4) is 0 Å². The van der Waals surface area contributed by atoms with Gasteiger partial charge in [0.2, 0.25) is 0 Å². The molecule has 0 saturated heterocycles. The second kappa shape index (κ2) is 7.38. The van der Waals surface area contributed by atoms with Crippen LogP contribution in [0.1, 0.15) is 36.2 Å². The molecule has 0 spiro atoms. The Bertz CT molecular complexity index is 770. The van der Waals surface area contributed by atoms with Gasteiger partial charge in [-0.05, 0) is 43.2 Å². The van der Waals surface area contributed by atoms with Gasteiger partial charge in [-0.3, -0.25) is 4.79 Å². The van der Waals surface area contributed by atoms with Crippen LogP contribution in [0.4, 0.5) is 5.69 Å². The number of nitrogens with zero attached hydrogens (tertiary/aromatic N) is 1. The lowest BCUT2D eigenvalue weighted by atomic mass is 10.1. The van der Waals surface area contributed by atoms with Crippen LogP contribution in [0, 0.1) is 0 Å². The number of amides is 1. The normalized spacial score (nSPS) is 16.2. The number of rotatable bonds is 5. The highest BCUT2D eigenvalue weighted by Crippen LogP contribution is 2.34. The molecule has 3 rings (SSSR count). The molecule has 0 fully saturated rings. The van der Waals surface area contributed by atoms with E-state index in [4.69, 9.17) is 9.47 Å². The van der Waals surface area contributed by atoms with E-state index in [1.54, 1.807) is 24.0 Å². The molecule has 0 aliphatic carbocycles. The zero-order chi connectivity index (χ0) is 17.8. The number of hydrogen-bond acceptors (Lipinski definition) is 4. The topological polar surface area (TPSA) is 55.8 Å². The third-order valence-electron chi connectivity index (χ3n) is 4.04. The van der Waals surface area contributed by atoms with E-state index in [9.17, 15) is 9.59 Å². The van der Waals surface area contributed by atoms with E-state index < -0.39 is 6.10 Å². The summed E-state index contributed by atoms with van der Waals surface area (Å²) in [5.41, 5.74) is 2.21. The minimum Gasteiger partial charge on any atom is -0.479 e. The van der Waals surface area contributed by atoms with Crippen molar-refractivity contribution in [2.75, 3.05) is 11.5 Å². The fourth-order valence-electron chi connectivity index (χ4n) is 2.73. The Hall–Kier alpha value is -2.82. The van der Waals surface area contributed by atoms with Crippen molar-refractivity contribution in [2.45, 2.75) is 32.9 Å². The number of fused-ring (bicyclic) bond motifs is 1. The first-order valence-electron chi connectivity index (χ1n) is 8.43. The summed E-state index contributed by atoms with van der Waals surface area (Å²) < 4.78 is 10.8. The minimum atomic E-state index is -0.516. The molecule has 0 saturated carbocycles. The Morgan fingerprint density at radius 2 is 1.88 bits per heavy atom. The number of para-hydroxylation sites is 2. The van der Waals surface area contributed by atoms with Crippen LogP contribution in [0.25, 0.3) is 0 Å². The number of benzene rings is 2. The maximum absolute atomic E-state index is 12.5. The van der Waals surface area contributed by atoms with E-state index >= 15 is 0 Å². The van der Waals surface area contributed by atoms with Gasteiger partial charge in [0.15, 0.2) is 6.10 Å². The van der Waals surface area contributed by atoms with Gasteiger partial charge in [-0.2, -0.15) is 0 Å². The zero-order valence-corrected chi connectivity index (χ0v) is 14.4. The molecule has 1 unspecified atom stereocenters. The van der Waals surface area contributed by atoms with Crippen molar-refractivity contribution in [2.24, 2.45) is 0 Å². The van der Waals surface area contributed by atoms with Gasteiger partial charge >= 0.3 is 5.97 Å². The Balaban J connectivity index is 1.78. The van der Waals surface area contributed by atoms with Crippen molar-refractivity contribution in [1.82, 2.24) is 0 Å². The predicted octanol–water partition coefficient (Wildman–Crippen LogP) is 3.57. The Labute approximate surface area is 147 Å². The third-order valence-corrected chi connectivity index (χ3v) is 4.04. The molecule has 0 aromatic heterocycles. The third kappa shape index (κ3) is 3.65. The number of hydrogen-bond donors (Lipinski definition) is 0. The molecule has 1 aliphatic rings. The van der Waals surface area contributed by atoms with Gasteiger partial charge in [0.1, 0.15) is 5.75 Å². The van der Waals surface area contributed by atoms with Crippen LogP contribution in [0.5, 0.6) is 5.75 Å². The fourth-order valence-corrected chi connectivity index (χ4v) is 2.73. The first-order chi connectivity index (χ1) is 12.1. The zero-order valence-electron chi connectivity index (χ0n) is 14.4. The summed E-state index contributed by atoms with van der Waals surface area (Å²) in [7, 11) is 0. The molecule has 0 N–H and O–H groups in total. The van der Waals surface area contributed by atoms with Crippen molar-refractivity contribution < 1.29 is 19.1 Å². The molecule has 2 aromatic rings. The summed E-state index contributed by atoms with van der Waals surface area (Å²) in [6, 6.07) is 14.6. The summed E-state index contributed by atoms with van der Waals surface area (Å²) in [5.74, 6) is 0.300. The number of esters is 1. The fraction of sp³-hybridized carbons (Fsp3) is 0.300. The monoisotopic (exact) mass is 339 g/mol. The molecule has 0 bridgehead atoms.